The van der Waals surface area contributed by atoms with Crippen molar-refractivity contribution in [2.75, 3.05) is 6.61 Å². The van der Waals surface area contributed by atoms with Gasteiger partial charge in [0.1, 0.15) is 0 Å². The van der Waals surface area contributed by atoms with Crippen molar-refractivity contribution in [3.8, 4) is 0 Å². The Hall–Kier alpha value is -1.08. The third kappa shape index (κ3) is 6.21. The fourth-order valence-electron chi connectivity index (χ4n) is 5.38. The lowest BCUT2D eigenvalue weighted by molar-refractivity contribution is 0.134. The number of hydrogen-bond donors (Lipinski definition) is 0. The minimum absolute atomic E-state index is 0.750. The zero-order valence-electron chi connectivity index (χ0n) is 17.7. The molecule has 0 N–H and O–H groups in total. The van der Waals surface area contributed by atoms with Crippen LogP contribution in [0.1, 0.15) is 95.1 Å². The van der Waals surface area contributed by atoms with E-state index < -0.39 is 0 Å². The average molecular weight is 369 g/mol. The van der Waals surface area contributed by atoms with E-state index in [-0.39, 0.29) is 0 Å². The predicted octanol–water partition coefficient (Wildman–Crippen LogP) is 7.66. The highest BCUT2D eigenvalue weighted by atomic mass is 16.5. The van der Waals surface area contributed by atoms with E-state index in [4.69, 9.17) is 4.74 Å². The Labute approximate surface area is 167 Å². The lowest BCUT2D eigenvalue weighted by Gasteiger charge is -2.38. The Morgan fingerprint density at radius 1 is 0.815 bits per heavy atom. The van der Waals surface area contributed by atoms with Gasteiger partial charge < -0.3 is 4.74 Å². The molecule has 0 heterocycles. The summed E-state index contributed by atoms with van der Waals surface area (Å²) in [6, 6.07) is 9.25. The fraction of sp³-hybridized carbons (Fsp3) is 0.692. The zero-order valence-corrected chi connectivity index (χ0v) is 17.7. The minimum atomic E-state index is 0.750. The van der Waals surface area contributed by atoms with Gasteiger partial charge in [-0.3, -0.25) is 0 Å². The topological polar surface area (TPSA) is 9.23 Å². The van der Waals surface area contributed by atoms with Crippen molar-refractivity contribution in [3.63, 3.8) is 0 Å². The molecule has 2 aliphatic rings. The summed E-state index contributed by atoms with van der Waals surface area (Å²) in [5.74, 6) is 3.78. The van der Waals surface area contributed by atoms with E-state index in [0.29, 0.717) is 0 Å². The summed E-state index contributed by atoms with van der Waals surface area (Å²) >= 11 is 0. The second-order valence-electron chi connectivity index (χ2n) is 8.89. The molecule has 2 aliphatic carbocycles. The van der Waals surface area contributed by atoms with E-state index in [1.165, 1.54) is 69.8 Å². The van der Waals surface area contributed by atoms with Crippen molar-refractivity contribution in [3.05, 3.63) is 47.5 Å². The first kappa shape index (κ1) is 20.6. The van der Waals surface area contributed by atoms with Crippen LogP contribution < -0.4 is 0 Å². The van der Waals surface area contributed by atoms with E-state index in [0.717, 1.165) is 36.9 Å². The molecule has 0 amide bonds. The van der Waals surface area contributed by atoms with Crippen LogP contribution >= 0.6 is 0 Å². The first-order chi connectivity index (χ1) is 13.3. The van der Waals surface area contributed by atoms with Crippen molar-refractivity contribution in [1.29, 1.82) is 0 Å². The maximum atomic E-state index is 5.52. The molecule has 0 aliphatic heterocycles. The summed E-state index contributed by atoms with van der Waals surface area (Å²) in [4.78, 5) is 0. The summed E-state index contributed by atoms with van der Waals surface area (Å²) in [5.41, 5.74) is 2.86. The molecular formula is C26H40O. The second-order valence-corrected chi connectivity index (χ2v) is 8.89. The highest BCUT2D eigenvalue weighted by Crippen LogP contribution is 2.44. The Morgan fingerprint density at radius 2 is 1.44 bits per heavy atom. The van der Waals surface area contributed by atoms with Gasteiger partial charge in [0.05, 0.1) is 6.61 Å². The molecular weight excluding hydrogens is 328 g/mol. The van der Waals surface area contributed by atoms with Gasteiger partial charge in [-0.05, 0) is 106 Å². The third-order valence-electron chi connectivity index (χ3n) is 7.13. The van der Waals surface area contributed by atoms with Gasteiger partial charge in [-0.25, -0.2) is 0 Å². The zero-order chi connectivity index (χ0) is 18.9. The van der Waals surface area contributed by atoms with Crippen molar-refractivity contribution < 1.29 is 4.74 Å². The Bertz CT molecular complexity index is 542. The first-order valence-corrected chi connectivity index (χ1v) is 11.6. The maximum absolute atomic E-state index is 5.52. The number of ether oxygens (including phenoxy) is 1. The van der Waals surface area contributed by atoms with Crippen molar-refractivity contribution in [1.82, 2.24) is 0 Å². The molecule has 0 spiro atoms. The SMILES string of the molecule is CCC=CCC1CCC(C2CCC(c3ccc(COCC)cc3)CC2)CC1. The number of hydrogen-bond acceptors (Lipinski definition) is 1. The van der Waals surface area contributed by atoms with Gasteiger partial charge in [-0.1, -0.05) is 43.3 Å². The smallest absolute Gasteiger partial charge is 0.0716 e. The molecule has 0 atom stereocenters. The minimum Gasteiger partial charge on any atom is -0.377 e. The molecule has 3 rings (SSSR count). The monoisotopic (exact) mass is 368 g/mol. The Kier molecular flexibility index (Phi) is 8.45. The largest absolute Gasteiger partial charge is 0.377 e. The molecule has 1 nitrogen and oxygen atoms in total. The van der Waals surface area contributed by atoms with Gasteiger partial charge >= 0.3 is 0 Å². The molecule has 150 valence electrons. The summed E-state index contributed by atoms with van der Waals surface area (Å²) in [7, 11) is 0. The molecule has 0 saturated heterocycles. The van der Waals surface area contributed by atoms with Gasteiger partial charge in [0.2, 0.25) is 0 Å². The summed E-state index contributed by atoms with van der Waals surface area (Å²) in [6.45, 7) is 5.84. The summed E-state index contributed by atoms with van der Waals surface area (Å²) in [6.07, 6.45) is 18.9. The average Bonchev–Trinajstić information content (AvgIpc) is 2.73. The van der Waals surface area contributed by atoms with Crippen molar-refractivity contribution in [2.24, 2.45) is 17.8 Å². The highest BCUT2D eigenvalue weighted by molar-refractivity contribution is 5.25. The summed E-state index contributed by atoms with van der Waals surface area (Å²) < 4.78 is 5.52. The van der Waals surface area contributed by atoms with Crippen LogP contribution in [0.4, 0.5) is 0 Å². The molecule has 27 heavy (non-hydrogen) atoms. The maximum Gasteiger partial charge on any atom is 0.0716 e. The number of benzene rings is 1. The molecule has 0 unspecified atom stereocenters. The van der Waals surface area contributed by atoms with E-state index in [9.17, 15) is 0 Å². The standard InChI is InChI=1S/C26H40O/c1-3-5-6-7-21-8-12-23(13-9-21)25-16-18-26(19-17-25)24-14-10-22(11-15-24)20-27-4-2/h5-6,10-11,14-15,21,23,25-26H,3-4,7-9,12-13,16-20H2,1-2H3. The molecule has 0 bridgehead atoms. The molecule has 0 radical (unpaired) electrons. The van der Waals surface area contributed by atoms with Gasteiger partial charge in [0, 0.05) is 6.61 Å². The van der Waals surface area contributed by atoms with Crippen LogP contribution in [0.25, 0.3) is 0 Å². The molecule has 2 fully saturated rings. The van der Waals surface area contributed by atoms with Gasteiger partial charge in [0.15, 0.2) is 0 Å². The first-order valence-electron chi connectivity index (χ1n) is 11.6. The van der Waals surface area contributed by atoms with E-state index in [1.807, 2.05) is 0 Å². The van der Waals surface area contributed by atoms with Crippen LogP contribution in [0.15, 0.2) is 36.4 Å². The van der Waals surface area contributed by atoms with Crippen LogP contribution in [-0.4, -0.2) is 6.61 Å². The van der Waals surface area contributed by atoms with Crippen molar-refractivity contribution in [2.45, 2.75) is 90.6 Å². The van der Waals surface area contributed by atoms with Crippen LogP contribution in [-0.2, 0) is 11.3 Å². The second kappa shape index (κ2) is 11.1. The molecule has 1 heteroatoms. The van der Waals surface area contributed by atoms with Crippen LogP contribution in [0.3, 0.4) is 0 Å². The third-order valence-corrected chi connectivity index (χ3v) is 7.13. The van der Waals surface area contributed by atoms with E-state index in [1.54, 1.807) is 5.56 Å². The molecule has 1 aromatic rings. The Morgan fingerprint density at radius 3 is 2.04 bits per heavy atom. The predicted molar refractivity (Wildman–Crippen MR) is 116 cm³/mol. The number of rotatable bonds is 8. The molecule has 1 aromatic carbocycles. The molecule has 2 saturated carbocycles. The fourth-order valence-corrected chi connectivity index (χ4v) is 5.38. The summed E-state index contributed by atoms with van der Waals surface area (Å²) in [5, 5.41) is 0. The van der Waals surface area contributed by atoms with Crippen LogP contribution in [0, 0.1) is 17.8 Å². The van der Waals surface area contributed by atoms with Crippen LogP contribution in [0.5, 0.6) is 0 Å². The lowest BCUT2D eigenvalue weighted by atomic mass is 9.68. The molecule has 0 aromatic heterocycles. The van der Waals surface area contributed by atoms with Gasteiger partial charge in [-0.15, -0.1) is 0 Å². The van der Waals surface area contributed by atoms with Crippen LogP contribution in [0.2, 0.25) is 0 Å². The van der Waals surface area contributed by atoms with Crippen molar-refractivity contribution >= 4 is 0 Å². The van der Waals surface area contributed by atoms with E-state index in [2.05, 4.69) is 50.3 Å². The van der Waals surface area contributed by atoms with Gasteiger partial charge in [0.25, 0.3) is 0 Å². The lowest BCUT2D eigenvalue weighted by Crippen LogP contribution is -2.25. The quantitative estimate of drug-likeness (QED) is 0.428. The normalized spacial score (nSPS) is 29.3. The Balaban J connectivity index is 1.41. The highest BCUT2D eigenvalue weighted by Gasteiger charge is 2.30. The van der Waals surface area contributed by atoms with Gasteiger partial charge in [-0.2, -0.15) is 0 Å². The number of allylic oxidation sites excluding steroid dienone is 2. The van der Waals surface area contributed by atoms with E-state index >= 15 is 0 Å².